The lowest BCUT2D eigenvalue weighted by atomic mass is 9.67. The Hall–Kier alpha value is -3.33. The molecule has 0 bridgehead atoms. The van der Waals surface area contributed by atoms with E-state index in [1.54, 1.807) is 18.6 Å². The molecule has 5 heterocycles. The number of anilines is 1. The van der Waals surface area contributed by atoms with Crippen molar-refractivity contribution in [3.63, 3.8) is 0 Å². The van der Waals surface area contributed by atoms with Gasteiger partial charge in [0.2, 0.25) is 11.8 Å². The monoisotopic (exact) mass is 407 g/mol. The molecule has 154 valence electrons. The highest BCUT2D eigenvalue weighted by Crippen LogP contribution is 2.46. The molecule has 0 radical (unpaired) electrons. The number of morpholine rings is 1. The zero-order chi connectivity index (χ0) is 21.0. The number of fused-ring (bicyclic) bond motifs is 4. The van der Waals surface area contributed by atoms with Crippen molar-refractivity contribution in [3.8, 4) is 11.1 Å². The first-order valence-electron chi connectivity index (χ1n) is 9.88. The molecule has 30 heavy (non-hydrogen) atoms. The minimum absolute atomic E-state index is 0.101. The molecule has 2 fully saturated rings. The van der Waals surface area contributed by atoms with Crippen LogP contribution in [0.3, 0.4) is 0 Å². The van der Waals surface area contributed by atoms with Gasteiger partial charge in [-0.25, -0.2) is 9.78 Å². The number of imide groups is 2. The van der Waals surface area contributed by atoms with Gasteiger partial charge in [0.1, 0.15) is 5.82 Å². The Morgan fingerprint density at radius 1 is 1.13 bits per heavy atom. The number of nitrogens with one attached hydrogen (secondary N) is 2. The number of nitrogens with zero attached hydrogens (tertiary/aromatic N) is 3. The third kappa shape index (κ3) is 2.62. The maximum absolute atomic E-state index is 13.1. The Bertz CT molecular complexity index is 1040. The van der Waals surface area contributed by atoms with E-state index in [2.05, 4.69) is 15.6 Å². The lowest BCUT2D eigenvalue weighted by Crippen LogP contribution is -2.75. The van der Waals surface area contributed by atoms with Crippen LogP contribution < -0.4 is 15.5 Å². The first-order valence-corrected chi connectivity index (χ1v) is 9.88. The fourth-order valence-corrected chi connectivity index (χ4v) is 4.99. The molecule has 1 spiro atoms. The van der Waals surface area contributed by atoms with Crippen molar-refractivity contribution in [2.24, 2.45) is 5.41 Å². The molecule has 3 aliphatic rings. The van der Waals surface area contributed by atoms with Crippen molar-refractivity contribution in [2.75, 3.05) is 11.4 Å². The standard InChI is InChI=1S/C21H21N5O4/c1-11-10-26-16(12(2)30-11)21(18(27)24-20(29)25-19(21)28)7-14-6-15(9-23-17(14)26)13-4-3-5-22-8-13/h3-6,8-9,11-12,16H,7,10H2,1-2H3,(H2,24,25,27,28,29)/t11-,12+,16-/m1/s1. The predicted molar refractivity (Wildman–Crippen MR) is 106 cm³/mol. The van der Waals surface area contributed by atoms with E-state index in [4.69, 9.17) is 9.72 Å². The Labute approximate surface area is 172 Å². The first-order chi connectivity index (χ1) is 14.4. The van der Waals surface area contributed by atoms with Crippen molar-refractivity contribution in [1.29, 1.82) is 0 Å². The van der Waals surface area contributed by atoms with Gasteiger partial charge >= 0.3 is 6.03 Å². The van der Waals surface area contributed by atoms with E-state index >= 15 is 0 Å². The molecule has 3 aliphatic heterocycles. The summed E-state index contributed by atoms with van der Waals surface area (Å²) in [6.45, 7) is 4.28. The van der Waals surface area contributed by atoms with Crippen LogP contribution in [0, 0.1) is 5.41 Å². The Balaban J connectivity index is 1.68. The third-order valence-corrected chi connectivity index (χ3v) is 6.13. The molecular formula is C21H21N5O4. The molecule has 2 saturated heterocycles. The summed E-state index contributed by atoms with van der Waals surface area (Å²) in [4.78, 5) is 48.9. The van der Waals surface area contributed by atoms with Crippen LogP contribution >= 0.6 is 0 Å². The Kier molecular flexibility index (Phi) is 4.11. The topological polar surface area (TPSA) is 114 Å². The van der Waals surface area contributed by atoms with Gasteiger partial charge in [-0.2, -0.15) is 0 Å². The predicted octanol–water partition coefficient (Wildman–Crippen LogP) is 1.03. The quantitative estimate of drug-likeness (QED) is 0.679. The number of aromatic nitrogens is 2. The van der Waals surface area contributed by atoms with Crippen LogP contribution in [0.5, 0.6) is 0 Å². The van der Waals surface area contributed by atoms with Crippen LogP contribution in [0.1, 0.15) is 19.4 Å². The van der Waals surface area contributed by atoms with Gasteiger partial charge < -0.3 is 9.64 Å². The van der Waals surface area contributed by atoms with Crippen LogP contribution in [-0.2, 0) is 20.7 Å². The molecule has 0 aromatic carbocycles. The molecule has 2 N–H and O–H groups in total. The van der Waals surface area contributed by atoms with E-state index < -0.39 is 35.4 Å². The smallest absolute Gasteiger partial charge is 0.328 e. The number of barbiturate groups is 1. The van der Waals surface area contributed by atoms with Crippen molar-refractivity contribution in [3.05, 3.63) is 42.4 Å². The molecule has 2 aromatic rings. The SMILES string of the molecule is C[C@@H]1CN2c3ncc(-c4cccnc4)cc3CC3(C(=O)NC(=O)NC3=O)[C@H]2[C@H](C)O1. The van der Waals surface area contributed by atoms with Crippen LogP contribution in [0.25, 0.3) is 11.1 Å². The summed E-state index contributed by atoms with van der Waals surface area (Å²) in [6, 6.07) is 4.33. The number of amides is 4. The number of ether oxygens (including phenoxy) is 1. The van der Waals surface area contributed by atoms with Crippen LogP contribution in [-0.4, -0.2) is 52.6 Å². The average molecular weight is 407 g/mol. The fourth-order valence-electron chi connectivity index (χ4n) is 4.99. The largest absolute Gasteiger partial charge is 0.372 e. The van der Waals surface area contributed by atoms with E-state index in [1.807, 2.05) is 36.9 Å². The lowest BCUT2D eigenvalue weighted by molar-refractivity contribution is -0.153. The van der Waals surface area contributed by atoms with E-state index in [9.17, 15) is 14.4 Å². The lowest BCUT2D eigenvalue weighted by Gasteiger charge is -2.54. The normalized spacial score (nSPS) is 27.2. The van der Waals surface area contributed by atoms with E-state index in [0.717, 1.165) is 22.5 Å². The van der Waals surface area contributed by atoms with Gasteiger partial charge in [-0.3, -0.25) is 25.2 Å². The van der Waals surface area contributed by atoms with Gasteiger partial charge in [-0.1, -0.05) is 6.07 Å². The highest BCUT2D eigenvalue weighted by atomic mass is 16.5. The second-order valence-corrected chi connectivity index (χ2v) is 8.08. The fraction of sp³-hybridized carbons (Fsp3) is 0.381. The summed E-state index contributed by atoms with van der Waals surface area (Å²) in [5.74, 6) is -0.472. The maximum Gasteiger partial charge on any atom is 0.328 e. The number of carbonyl (C=O) groups is 3. The summed E-state index contributed by atoms with van der Waals surface area (Å²) < 4.78 is 5.99. The summed E-state index contributed by atoms with van der Waals surface area (Å²) in [6.07, 6.45) is 4.82. The Morgan fingerprint density at radius 2 is 1.90 bits per heavy atom. The van der Waals surface area contributed by atoms with Gasteiger partial charge in [-0.15, -0.1) is 0 Å². The second-order valence-electron chi connectivity index (χ2n) is 8.08. The zero-order valence-corrected chi connectivity index (χ0v) is 16.6. The minimum atomic E-state index is -1.49. The summed E-state index contributed by atoms with van der Waals surface area (Å²) in [5, 5.41) is 4.58. The van der Waals surface area contributed by atoms with E-state index in [1.165, 1.54) is 0 Å². The molecule has 9 nitrogen and oxygen atoms in total. The number of urea groups is 1. The van der Waals surface area contributed by atoms with E-state index in [-0.39, 0.29) is 12.5 Å². The molecule has 2 aromatic heterocycles. The summed E-state index contributed by atoms with van der Waals surface area (Å²) in [5.41, 5.74) is 1.02. The highest BCUT2D eigenvalue weighted by Gasteiger charge is 2.63. The van der Waals surface area contributed by atoms with Gasteiger partial charge in [0, 0.05) is 42.7 Å². The average Bonchev–Trinajstić information content (AvgIpc) is 2.71. The van der Waals surface area contributed by atoms with E-state index in [0.29, 0.717) is 6.54 Å². The molecule has 0 unspecified atom stereocenters. The number of carbonyl (C=O) groups excluding carboxylic acids is 3. The van der Waals surface area contributed by atoms with Crippen molar-refractivity contribution < 1.29 is 19.1 Å². The molecule has 0 saturated carbocycles. The molecule has 3 atom stereocenters. The summed E-state index contributed by atoms with van der Waals surface area (Å²) in [7, 11) is 0. The number of hydrogen-bond acceptors (Lipinski definition) is 7. The van der Waals surface area contributed by atoms with Crippen molar-refractivity contribution in [2.45, 2.75) is 38.5 Å². The molecule has 5 rings (SSSR count). The molecule has 0 aliphatic carbocycles. The minimum Gasteiger partial charge on any atom is -0.372 e. The molecule has 9 heteroatoms. The van der Waals surface area contributed by atoms with Gasteiger partial charge in [0.05, 0.1) is 18.2 Å². The highest BCUT2D eigenvalue weighted by molar-refractivity contribution is 6.20. The van der Waals surface area contributed by atoms with Crippen molar-refractivity contribution in [1.82, 2.24) is 20.6 Å². The van der Waals surface area contributed by atoms with Gasteiger partial charge in [0.15, 0.2) is 5.41 Å². The number of rotatable bonds is 1. The first kappa shape index (κ1) is 18.7. The number of hydrogen-bond donors (Lipinski definition) is 2. The summed E-state index contributed by atoms with van der Waals surface area (Å²) >= 11 is 0. The maximum atomic E-state index is 13.1. The van der Waals surface area contributed by atoms with Crippen LogP contribution in [0.2, 0.25) is 0 Å². The van der Waals surface area contributed by atoms with Gasteiger partial charge in [-0.05, 0) is 31.5 Å². The van der Waals surface area contributed by atoms with Gasteiger partial charge in [0.25, 0.3) is 0 Å². The number of pyridine rings is 2. The van der Waals surface area contributed by atoms with Crippen LogP contribution in [0.15, 0.2) is 36.8 Å². The zero-order valence-electron chi connectivity index (χ0n) is 16.6. The second kappa shape index (κ2) is 6.60. The third-order valence-electron chi connectivity index (χ3n) is 6.13. The molecular weight excluding hydrogens is 386 g/mol. The van der Waals surface area contributed by atoms with Crippen LogP contribution in [0.4, 0.5) is 10.6 Å². The Morgan fingerprint density at radius 3 is 2.60 bits per heavy atom. The van der Waals surface area contributed by atoms with Crippen molar-refractivity contribution >= 4 is 23.7 Å². The molecule has 4 amide bonds.